The van der Waals surface area contributed by atoms with E-state index in [2.05, 4.69) is 13.0 Å². The average Bonchev–Trinajstić information content (AvgIpc) is 2.54. The van der Waals surface area contributed by atoms with Gasteiger partial charge in [0.2, 0.25) is 0 Å². The molecule has 0 unspecified atom stereocenters. The lowest BCUT2D eigenvalue weighted by Gasteiger charge is -2.06. The van der Waals surface area contributed by atoms with Gasteiger partial charge >= 0.3 is 0 Å². The van der Waals surface area contributed by atoms with Crippen LogP contribution in [-0.4, -0.2) is 10.9 Å². The highest BCUT2D eigenvalue weighted by molar-refractivity contribution is 14.1. The minimum atomic E-state index is 0.183. The van der Waals surface area contributed by atoms with Crippen LogP contribution in [-0.2, 0) is 11.2 Å². The van der Waals surface area contributed by atoms with E-state index >= 15 is 0 Å². The molecule has 0 N–H and O–H groups in total. The number of rotatable bonds is 3. The largest absolute Gasteiger partial charge is 0.497 e. The summed E-state index contributed by atoms with van der Waals surface area (Å²) in [6.45, 7) is 2.10. The van der Waals surface area contributed by atoms with Crippen molar-refractivity contribution < 1.29 is 9.53 Å². The number of carbonyl (C=O) groups is 1. The molecule has 0 spiro atoms. The zero-order valence-electron chi connectivity index (χ0n) is 9.34. The molecule has 0 saturated carbocycles. The Morgan fingerprint density at radius 1 is 1.50 bits per heavy atom. The molecule has 2 rings (SSSR count). The molecule has 1 aliphatic carbocycles. The van der Waals surface area contributed by atoms with Gasteiger partial charge in [0.15, 0.2) is 3.79 Å². The lowest BCUT2D eigenvalue weighted by Crippen LogP contribution is -1.92. The summed E-state index contributed by atoms with van der Waals surface area (Å²) >= 11 is 1.85. The third-order valence-corrected chi connectivity index (χ3v) is 3.31. The summed E-state index contributed by atoms with van der Waals surface area (Å²) in [5.74, 6) is 0.854. The summed E-state index contributed by atoms with van der Waals surface area (Å²) in [6.07, 6.45) is 1.48. The van der Waals surface area contributed by atoms with Crippen molar-refractivity contribution in [1.82, 2.24) is 0 Å². The molecule has 0 aromatic heterocycles. The quantitative estimate of drug-likeness (QED) is 0.628. The van der Waals surface area contributed by atoms with Gasteiger partial charge < -0.3 is 4.74 Å². The number of fused-ring (bicyclic) bond motifs is 1. The molecule has 0 heterocycles. The SMILES string of the molecule is COc1ccc2c(c1)C(CC(=O)I)=C(C)C2. The Hall–Kier alpha value is -0.840. The van der Waals surface area contributed by atoms with Crippen LogP contribution in [0.15, 0.2) is 23.8 Å². The highest BCUT2D eigenvalue weighted by atomic mass is 127. The molecule has 84 valence electrons. The second-order valence-electron chi connectivity index (χ2n) is 3.99. The molecule has 3 heteroatoms. The second kappa shape index (κ2) is 4.57. The average molecular weight is 328 g/mol. The first-order chi connectivity index (χ1) is 7.61. The highest BCUT2D eigenvalue weighted by Crippen LogP contribution is 2.37. The summed E-state index contributed by atoms with van der Waals surface area (Å²) in [5.41, 5.74) is 4.95. The molecule has 1 aromatic rings. The van der Waals surface area contributed by atoms with Gasteiger partial charge in [-0.05, 0) is 64.8 Å². The lowest BCUT2D eigenvalue weighted by atomic mass is 10.0. The maximum Gasteiger partial charge on any atom is 0.196 e. The van der Waals surface area contributed by atoms with E-state index in [1.54, 1.807) is 7.11 Å². The van der Waals surface area contributed by atoms with Gasteiger partial charge in [-0.1, -0.05) is 11.6 Å². The van der Waals surface area contributed by atoms with Crippen molar-refractivity contribution in [3.05, 3.63) is 34.9 Å². The fourth-order valence-corrected chi connectivity index (χ4v) is 2.51. The molecule has 2 nitrogen and oxygen atoms in total. The summed E-state index contributed by atoms with van der Waals surface area (Å²) < 4.78 is 5.40. The molecule has 1 aromatic carbocycles. The Kier molecular flexibility index (Phi) is 3.33. The first-order valence-electron chi connectivity index (χ1n) is 5.16. The molecule has 0 fully saturated rings. The predicted octanol–water partition coefficient (Wildman–Crippen LogP) is 3.38. The summed E-state index contributed by atoms with van der Waals surface area (Å²) in [4.78, 5) is 11.2. The standard InChI is InChI=1S/C13H13IO2/c1-8-5-9-3-4-10(16-2)6-12(9)11(8)7-13(14)15/h3-4,6H,5,7H2,1-2H3. The normalized spacial score (nSPS) is 13.9. The molecule has 1 aliphatic rings. The molecule has 0 radical (unpaired) electrons. The molecular weight excluding hydrogens is 315 g/mol. The van der Waals surface area contributed by atoms with Crippen LogP contribution >= 0.6 is 22.6 Å². The third-order valence-electron chi connectivity index (χ3n) is 2.93. The van der Waals surface area contributed by atoms with Gasteiger partial charge in [-0.25, -0.2) is 0 Å². The fourth-order valence-electron chi connectivity index (χ4n) is 2.12. The van der Waals surface area contributed by atoms with Crippen LogP contribution in [0.25, 0.3) is 5.57 Å². The van der Waals surface area contributed by atoms with E-state index in [0.29, 0.717) is 6.42 Å². The van der Waals surface area contributed by atoms with Crippen molar-refractivity contribution in [2.24, 2.45) is 0 Å². The monoisotopic (exact) mass is 328 g/mol. The first-order valence-corrected chi connectivity index (χ1v) is 6.24. The summed E-state index contributed by atoms with van der Waals surface area (Å²) in [5, 5.41) is 0. The van der Waals surface area contributed by atoms with Gasteiger partial charge in [0.25, 0.3) is 0 Å². The minimum Gasteiger partial charge on any atom is -0.497 e. The van der Waals surface area contributed by atoms with Crippen molar-refractivity contribution in [2.45, 2.75) is 19.8 Å². The zero-order valence-corrected chi connectivity index (χ0v) is 11.5. The van der Waals surface area contributed by atoms with E-state index in [-0.39, 0.29) is 3.79 Å². The Balaban J connectivity index is 2.42. The van der Waals surface area contributed by atoms with Gasteiger partial charge in [0, 0.05) is 6.42 Å². The van der Waals surface area contributed by atoms with Crippen LogP contribution in [0.3, 0.4) is 0 Å². The maximum absolute atomic E-state index is 11.2. The zero-order chi connectivity index (χ0) is 11.7. The van der Waals surface area contributed by atoms with Crippen LogP contribution < -0.4 is 4.74 Å². The number of methoxy groups -OCH3 is 1. The first kappa shape index (κ1) is 11.6. The van der Waals surface area contributed by atoms with Crippen LogP contribution in [0.1, 0.15) is 24.5 Å². The van der Waals surface area contributed by atoms with E-state index in [4.69, 9.17) is 4.74 Å². The molecule has 0 atom stereocenters. The van der Waals surface area contributed by atoms with Crippen molar-refractivity contribution in [2.75, 3.05) is 7.11 Å². The van der Waals surface area contributed by atoms with Crippen LogP contribution in [0.2, 0.25) is 0 Å². The number of allylic oxidation sites excluding steroid dienone is 2. The minimum absolute atomic E-state index is 0.183. The van der Waals surface area contributed by atoms with E-state index in [1.807, 2.05) is 34.7 Å². The molecule has 0 aliphatic heterocycles. The van der Waals surface area contributed by atoms with Gasteiger partial charge in [0.05, 0.1) is 7.11 Å². The number of ether oxygens (including phenoxy) is 1. The highest BCUT2D eigenvalue weighted by Gasteiger charge is 2.20. The molecule has 0 saturated heterocycles. The van der Waals surface area contributed by atoms with Gasteiger partial charge in [0.1, 0.15) is 5.75 Å². The van der Waals surface area contributed by atoms with Crippen molar-refractivity contribution in [3.63, 3.8) is 0 Å². The van der Waals surface area contributed by atoms with Crippen LogP contribution in [0.4, 0.5) is 0 Å². The van der Waals surface area contributed by atoms with Crippen LogP contribution in [0.5, 0.6) is 5.75 Å². The Bertz CT molecular complexity index is 475. The summed E-state index contributed by atoms with van der Waals surface area (Å²) in [6, 6.07) is 6.09. The maximum atomic E-state index is 11.2. The Morgan fingerprint density at radius 3 is 2.88 bits per heavy atom. The molecule has 0 bridgehead atoms. The van der Waals surface area contributed by atoms with E-state index in [9.17, 15) is 4.79 Å². The van der Waals surface area contributed by atoms with E-state index in [0.717, 1.165) is 12.2 Å². The number of halogens is 1. The molecule has 16 heavy (non-hydrogen) atoms. The number of hydrogen-bond acceptors (Lipinski definition) is 2. The van der Waals surface area contributed by atoms with Gasteiger partial charge in [-0.3, -0.25) is 4.79 Å². The predicted molar refractivity (Wildman–Crippen MR) is 72.9 cm³/mol. The molecular formula is C13H13IO2. The summed E-state index contributed by atoms with van der Waals surface area (Å²) in [7, 11) is 1.66. The van der Waals surface area contributed by atoms with Crippen molar-refractivity contribution in [1.29, 1.82) is 0 Å². The van der Waals surface area contributed by atoms with Gasteiger partial charge in [-0.15, -0.1) is 0 Å². The van der Waals surface area contributed by atoms with Crippen molar-refractivity contribution >= 4 is 32.0 Å². The third kappa shape index (κ3) is 2.14. The van der Waals surface area contributed by atoms with Gasteiger partial charge in [-0.2, -0.15) is 0 Å². The fraction of sp³-hybridized carbons (Fsp3) is 0.308. The smallest absolute Gasteiger partial charge is 0.196 e. The van der Waals surface area contributed by atoms with Crippen LogP contribution in [0, 0.1) is 0 Å². The van der Waals surface area contributed by atoms with E-state index in [1.165, 1.54) is 22.3 Å². The van der Waals surface area contributed by atoms with Crippen molar-refractivity contribution in [3.8, 4) is 5.75 Å². The Morgan fingerprint density at radius 2 is 2.25 bits per heavy atom. The second-order valence-corrected chi connectivity index (χ2v) is 5.19. The van der Waals surface area contributed by atoms with E-state index < -0.39 is 0 Å². The number of benzene rings is 1. The lowest BCUT2D eigenvalue weighted by molar-refractivity contribution is -0.108. The topological polar surface area (TPSA) is 26.3 Å². The number of carbonyl (C=O) groups excluding carboxylic acids is 1. The molecule has 0 amide bonds. The number of hydrogen-bond donors (Lipinski definition) is 0. The Labute approximate surface area is 109 Å².